The lowest BCUT2D eigenvalue weighted by Gasteiger charge is -2.08. The zero-order chi connectivity index (χ0) is 13.8. The third-order valence-electron chi connectivity index (χ3n) is 3.17. The summed E-state index contributed by atoms with van der Waals surface area (Å²) in [5, 5.41) is 9.27. The highest BCUT2D eigenvalue weighted by molar-refractivity contribution is 6.01. The second kappa shape index (κ2) is 5.84. The van der Waals surface area contributed by atoms with Gasteiger partial charge in [0.1, 0.15) is 5.82 Å². The molecule has 0 saturated carbocycles. The topological polar surface area (TPSA) is 64.4 Å². The van der Waals surface area contributed by atoms with Gasteiger partial charge in [0.05, 0.1) is 16.6 Å². The first-order chi connectivity index (χ1) is 9.15. The van der Waals surface area contributed by atoms with E-state index < -0.39 is 5.97 Å². The molecule has 0 atom stereocenters. The van der Waals surface area contributed by atoms with Crippen LogP contribution in [0.15, 0.2) is 18.2 Å². The van der Waals surface area contributed by atoms with Gasteiger partial charge in [-0.15, -0.1) is 0 Å². The van der Waals surface area contributed by atoms with Crippen LogP contribution in [-0.2, 0) is 11.3 Å². The quantitative estimate of drug-likeness (QED) is 0.812. The number of methoxy groups -OCH3 is 1. The van der Waals surface area contributed by atoms with Crippen molar-refractivity contribution in [3.63, 3.8) is 0 Å². The number of carboxylic acid groups (broad SMARTS) is 1. The monoisotopic (exact) mass is 262 g/mol. The Labute approximate surface area is 111 Å². The molecule has 0 amide bonds. The van der Waals surface area contributed by atoms with Gasteiger partial charge in [0, 0.05) is 20.3 Å². The molecule has 5 heteroatoms. The van der Waals surface area contributed by atoms with Gasteiger partial charge in [-0.25, -0.2) is 9.78 Å². The van der Waals surface area contributed by atoms with Crippen molar-refractivity contribution < 1.29 is 14.6 Å². The standard InChI is InChI=1S/C14H18N2O3/c1-10-15-12-7-5-6-11(14(17)18)13(12)16(10)8-3-4-9-19-2/h5-7H,3-4,8-9H2,1-2H3,(H,17,18). The number of ether oxygens (including phenoxy) is 1. The molecule has 102 valence electrons. The predicted molar refractivity (Wildman–Crippen MR) is 72.5 cm³/mol. The minimum Gasteiger partial charge on any atom is -0.478 e. The van der Waals surface area contributed by atoms with Crippen molar-refractivity contribution in [2.24, 2.45) is 0 Å². The fraction of sp³-hybridized carbons (Fsp3) is 0.429. The van der Waals surface area contributed by atoms with Gasteiger partial charge < -0.3 is 14.4 Å². The molecule has 0 unspecified atom stereocenters. The Kier molecular flexibility index (Phi) is 4.16. The third kappa shape index (κ3) is 2.76. The summed E-state index contributed by atoms with van der Waals surface area (Å²) < 4.78 is 7.00. The first-order valence-corrected chi connectivity index (χ1v) is 6.33. The summed E-state index contributed by atoms with van der Waals surface area (Å²) in [7, 11) is 1.68. The second-order valence-corrected chi connectivity index (χ2v) is 4.49. The fourth-order valence-electron chi connectivity index (χ4n) is 2.26. The van der Waals surface area contributed by atoms with Crippen molar-refractivity contribution in [3.8, 4) is 0 Å². The summed E-state index contributed by atoms with van der Waals surface area (Å²) in [6, 6.07) is 5.20. The first-order valence-electron chi connectivity index (χ1n) is 6.33. The molecule has 1 heterocycles. The molecule has 1 aromatic carbocycles. The Balaban J connectivity index is 2.36. The Morgan fingerprint density at radius 3 is 2.89 bits per heavy atom. The second-order valence-electron chi connectivity index (χ2n) is 4.49. The lowest BCUT2D eigenvalue weighted by Crippen LogP contribution is -2.06. The van der Waals surface area contributed by atoms with E-state index in [-0.39, 0.29) is 0 Å². The highest BCUT2D eigenvalue weighted by Crippen LogP contribution is 2.21. The Morgan fingerprint density at radius 2 is 2.21 bits per heavy atom. The van der Waals surface area contributed by atoms with Crippen LogP contribution < -0.4 is 0 Å². The zero-order valence-electron chi connectivity index (χ0n) is 11.2. The fourth-order valence-corrected chi connectivity index (χ4v) is 2.26. The maximum Gasteiger partial charge on any atom is 0.337 e. The number of unbranched alkanes of at least 4 members (excludes halogenated alkanes) is 1. The van der Waals surface area contributed by atoms with Crippen LogP contribution in [0.1, 0.15) is 29.0 Å². The van der Waals surface area contributed by atoms with E-state index >= 15 is 0 Å². The van der Waals surface area contributed by atoms with E-state index in [9.17, 15) is 9.90 Å². The number of aromatic nitrogens is 2. The van der Waals surface area contributed by atoms with E-state index in [1.54, 1.807) is 19.2 Å². The predicted octanol–water partition coefficient (Wildman–Crippen LogP) is 2.47. The molecule has 1 aromatic heterocycles. The number of carboxylic acids is 1. The van der Waals surface area contributed by atoms with E-state index in [1.807, 2.05) is 17.6 Å². The molecular weight excluding hydrogens is 244 g/mol. The number of hydrogen-bond donors (Lipinski definition) is 1. The number of para-hydroxylation sites is 1. The number of aromatic carboxylic acids is 1. The maximum absolute atomic E-state index is 11.3. The molecule has 0 bridgehead atoms. The summed E-state index contributed by atoms with van der Waals surface area (Å²) in [5.74, 6) is -0.0650. The van der Waals surface area contributed by atoms with Crippen molar-refractivity contribution in [2.75, 3.05) is 13.7 Å². The molecule has 1 N–H and O–H groups in total. The number of aryl methyl sites for hydroxylation is 2. The largest absolute Gasteiger partial charge is 0.478 e. The van der Waals surface area contributed by atoms with E-state index in [0.29, 0.717) is 11.1 Å². The van der Waals surface area contributed by atoms with Crippen LogP contribution in [0.5, 0.6) is 0 Å². The minimum absolute atomic E-state index is 0.310. The smallest absolute Gasteiger partial charge is 0.337 e. The van der Waals surface area contributed by atoms with Crippen molar-refractivity contribution in [1.82, 2.24) is 9.55 Å². The van der Waals surface area contributed by atoms with Crippen molar-refractivity contribution in [1.29, 1.82) is 0 Å². The van der Waals surface area contributed by atoms with Crippen LogP contribution in [0.3, 0.4) is 0 Å². The number of hydrogen-bond acceptors (Lipinski definition) is 3. The highest BCUT2D eigenvalue weighted by atomic mass is 16.5. The molecular formula is C14H18N2O3. The van der Waals surface area contributed by atoms with Gasteiger partial charge in [-0.05, 0) is 31.9 Å². The van der Waals surface area contributed by atoms with Gasteiger partial charge in [-0.1, -0.05) is 6.07 Å². The molecule has 0 radical (unpaired) electrons. The molecule has 2 rings (SSSR count). The summed E-state index contributed by atoms with van der Waals surface area (Å²) in [5.41, 5.74) is 1.76. The molecule has 0 fully saturated rings. The number of fused-ring (bicyclic) bond motifs is 1. The molecule has 19 heavy (non-hydrogen) atoms. The number of imidazole rings is 1. The summed E-state index contributed by atoms with van der Waals surface area (Å²) in [6.45, 7) is 3.38. The molecule has 0 aliphatic rings. The number of rotatable bonds is 6. The minimum atomic E-state index is -0.913. The van der Waals surface area contributed by atoms with Gasteiger partial charge in [-0.2, -0.15) is 0 Å². The van der Waals surface area contributed by atoms with Crippen LogP contribution in [-0.4, -0.2) is 34.3 Å². The SMILES string of the molecule is COCCCCn1c(C)nc2cccc(C(=O)O)c21. The van der Waals surface area contributed by atoms with E-state index in [0.717, 1.165) is 37.3 Å². The lowest BCUT2D eigenvalue weighted by atomic mass is 10.2. The van der Waals surface area contributed by atoms with Crippen LogP contribution in [0.25, 0.3) is 11.0 Å². The third-order valence-corrected chi connectivity index (χ3v) is 3.17. The molecule has 5 nitrogen and oxygen atoms in total. The van der Waals surface area contributed by atoms with Crippen molar-refractivity contribution >= 4 is 17.0 Å². The average Bonchev–Trinajstić information content (AvgIpc) is 2.70. The van der Waals surface area contributed by atoms with Crippen molar-refractivity contribution in [2.45, 2.75) is 26.3 Å². The highest BCUT2D eigenvalue weighted by Gasteiger charge is 2.15. The van der Waals surface area contributed by atoms with E-state index in [2.05, 4.69) is 4.98 Å². The van der Waals surface area contributed by atoms with E-state index in [1.165, 1.54) is 0 Å². The van der Waals surface area contributed by atoms with Crippen molar-refractivity contribution in [3.05, 3.63) is 29.6 Å². The van der Waals surface area contributed by atoms with E-state index in [4.69, 9.17) is 4.74 Å². The van der Waals surface area contributed by atoms with Crippen LogP contribution >= 0.6 is 0 Å². The van der Waals surface area contributed by atoms with Crippen LogP contribution in [0, 0.1) is 6.92 Å². The normalized spacial score (nSPS) is 11.1. The first kappa shape index (κ1) is 13.5. The van der Waals surface area contributed by atoms with Gasteiger partial charge in [0.2, 0.25) is 0 Å². The Hall–Kier alpha value is -1.88. The van der Waals surface area contributed by atoms with Gasteiger partial charge in [-0.3, -0.25) is 0 Å². The molecule has 0 saturated heterocycles. The Morgan fingerprint density at radius 1 is 1.42 bits per heavy atom. The summed E-state index contributed by atoms with van der Waals surface area (Å²) >= 11 is 0. The number of carbonyl (C=O) groups is 1. The zero-order valence-corrected chi connectivity index (χ0v) is 11.2. The molecule has 0 spiro atoms. The van der Waals surface area contributed by atoms with Gasteiger partial charge in [0.25, 0.3) is 0 Å². The maximum atomic E-state index is 11.3. The Bertz CT molecular complexity index is 590. The number of benzene rings is 1. The van der Waals surface area contributed by atoms with Crippen LogP contribution in [0.4, 0.5) is 0 Å². The molecule has 0 aliphatic heterocycles. The van der Waals surface area contributed by atoms with Gasteiger partial charge >= 0.3 is 5.97 Å². The molecule has 0 aliphatic carbocycles. The average molecular weight is 262 g/mol. The van der Waals surface area contributed by atoms with Crippen LogP contribution in [0.2, 0.25) is 0 Å². The number of nitrogens with zero attached hydrogens (tertiary/aromatic N) is 2. The summed E-state index contributed by atoms with van der Waals surface area (Å²) in [6.07, 6.45) is 1.89. The summed E-state index contributed by atoms with van der Waals surface area (Å²) in [4.78, 5) is 15.7. The van der Waals surface area contributed by atoms with Gasteiger partial charge in [0.15, 0.2) is 0 Å². The molecule has 2 aromatic rings. The lowest BCUT2D eigenvalue weighted by molar-refractivity contribution is 0.0698.